The summed E-state index contributed by atoms with van der Waals surface area (Å²) in [6.45, 7) is 3.54. The fraction of sp³-hybridized carbons (Fsp3) is 0.231. The molecule has 0 fully saturated rings. The molecule has 2 rings (SSSR count). The van der Waals surface area contributed by atoms with Gasteiger partial charge in [0.25, 0.3) is 0 Å². The average molecular weight is 339 g/mol. The van der Waals surface area contributed by atoms with E-state index in [0.717, 1.165) is 23.2 Å². The van der Waals surface area contributed by atoms with E-state index < -0.39 is 0 Å². The van der Waals surface area contributed by atoms with Crippen molar-refractivity contribution in [2.24, 2.45) is 0 Å². The first-order chi connectivity index (χ1) is 9.15. The van der Waals surface area contributed by atoms with E-state index in [9.17, 15) is 0 Å². The summed E-state index contributed by atoms with van der Waals surface area (Å²) in [7, 11) is 0. The predicted molar refractivity (Wildman–Crippen MR) is 85.3 cm³/mol. The van der Waals surface area contributed by atoms with E-state index in [1.165, 1.54) is 5.56 Å². The highest BCUT2D eigenvalue weighted by atomic mass is 79.9. The van der Waals surface area contributed by atoms with Gasteiger partial charge >= 0.3 is 0 Å². The molecule has 1 aromatic heterocycles. The van der Waals surface area contributed by atoms with E-state index in [4.69, 9.17) is 12.2 Å². The maximum atomic E-state index is 5.26. The molecule has 6 heteroatoms. The number of hydrogen-bond acceptors (Lipinski definition) is 2. The van der Waals surface area contributed by atoms with E-state index in [-0.39, 0.29) is 0 Å². The number of hydrogen-bond donors (Lipinski definition) is 2. The Morgan fingerprint density at radius 2 is 2.21 bits per heavy atom. The third-order valence-corrected chi connectivity index (χ3v) is 3.28. The lowest BCUT2D eigenvalue weighted by atomic mass is 10.2. The first kappa shape index (κ1) is 14.0. The van der Waals surface area contributed by atoms with Crippen molar-refractivity contribution in [3.8, 4) is 0 Å². The third-order valence-electron chi connectivity index (χ3n) is 2.62. The Hall–Kier alpha value is -1.40. The maximum absolute atomic E-state index is 5.26. The minimum atomic E-state index is 0.625. The Morgan fingerprint density at radius 3 is 2.89 bits per heavy atom. The number of benzene rings is 1. The molecule has 0 saturated carbocycles. The van der Waals surface area contributed by atoms with E-state index in [2.05, 4.69) is 31.7 Å². The molecule has 0 bridgehead atoms. The molecule has 0 aliphatic carbocycles. The van der Waals surface area contributed by atoms with Gasteiger partial charge in [-0.25, -0.2) is 0 Å². The normalized spacial score (nSPS) is 10.2. The monoisotopic (exact) mass is 338 g/mol. The fourth-order valence-corrected chi connectivity index (χ4v) is 2.16. The van der Waals surface area contributed by atoms with Gasteiger partial charge in [-0.1, -0.05) is 18.2 Å². The molecule has 100 valence electrons. The molecule has 2 N–H and O–H groups in total. The smallest absolute Gasteiger partial charge is 0.170 e. The largest absolute Gasteiger partial charge is 0.361 e. The van der Waals surface area contributed by atoms with Crippen molar-refractivity contribution in [2.75, 3.05) is 11.9 Å². The summed E-state index contributed by atoms with van der Waals surface area (Å²) in [4.78, 5) is 0. The Kier molecular flexibility index (Phi) is 4.93. The van der Waals surface area contributed by atoms with E-state index in [1.54, 1.807) is 6.20 Å². The molecule has 4 nitrogen and oxygen atoms in total. The van der Waals surface area contributed by atoms with Crippen molar-refractivity contribution in [1.29, 1.82) is 0 Å². The van der Waals surface area contributed by atoms with Crippen LogP contribution in [-0.4, -0.2) is 21.4 Å². The van der Waals surface area contributed by atoms with Crippen LogP contribution in [0.25, 0.3) is 0 Å². The second-order valence-corrected chi connectivity index (χ2v) is 5.44. The second-order valence-electron chi connectivity index (χ2n) is 4.12. The highest BCUT2D eigenvalue weighted by Gasteiger charge is 2.00. The molecule has 0 radical (unpaired) electrons. The molecule has 0 unspecified atom stereocenters. The lowest BCUT2D eigenvalue weighted by Gasteiger charge is -2.12. The minimum absolute atomic E-state index is 0.625. The zero-order valence-corrected chi connectivity index (χ0v) is 13.0. The molecule has 0 spiro atoms. The second kappa shape index (κ2) is 6.68. The van der Waals surface area contributed by atoms with Crippen molar-refractivity contribution in [2.45, 2.75) is 13.5 Å². The molecule has 0 saturated heterocycles. The summed E-state index contributed by atoms with van der Waals surface area (Å²) in [6.07, 6.45) is 3.70. The van der Waals surface area contributed by atoms with Crippen LogP contribution < -0.4 is 10.6 Å². The highest BCUT2D eigenvalue weighted by Crippen LogP contribution is 2.12. The van der Waals surface area contributed by atoms with Crippen molar-refractivity contribution in [3.05, 3.63) is 46.7 Å². The molecule has 19 heavy (non-hydrogen) atoms. The lowest BCUT2D eigenvalue weighted by molar-refractivity contribution is 0.604. The Bertz CT molecular complexity index is 567. The summed E-state index contributed by atoms with van der Waals surface area (Å²) < 4.78 is 2.83. The Balaban J connectivity index is 1.77. The van der Waals surface area contributed by atoms with Gasteiger partial charge in [0.05, 0.1) is 17.2 Å². The summed E-state index contributed by atoms with van der Waals surface area (Å²) >= 11 is 8.62. The average Bonchev–Trinajstić information content (AvgIpc) is 2.78. The summed E-state index contributed by atoms with van der Waals surface area (Å²) in [6, 6.07) is 8.05. The Labute approximate surface area is 126 Å². The Morgan fingerprint density at radius 1 is 1.42 bits per heavy atom. The van der Waals surface area contributed by atoms with Crippen LogP contribution in [0.1, 0.15) is 5.56 Å². The minimum Gasteiger partial charge on any atom is -0.361 e. The number of thiocarbonyl (C=S) groups is 1. The van der Waals surface area contributed by atoms with Crippen LogP contribution >= 0.6 is 28.1 Å². The van der Waals surface area contributed by atoms with Crippen LogP contribution in [0.4, 0.5) is 5.69 Å². The van der Waals surface area contributed by atoms with Crippen molar-refractivity contribution < 1.29 is 0 Å². The van der Waals surface area contributed by atoms with Gasteiger partial charge in [0.1, 0.15) is 0 Å². The van der Waals surface area contributed by atoms with Crippen LogP contribution in [0.5, 0.6) is 0 Å². The standard InChI is InChI=1S/C13H15BrN4S/c1-10-4-2-3-5-12(10)17-13(19)15-6-7-18-9-11(14)8-16-18/h2-5,8-9H,6-7H2,1H3,(H2,15,17,19). The van der Waals surface area contributed by atoms with Crippen LogP contribution in [0.15, 0.2) is 41.1 Å². The predicted octanol–water partition coefficient (Wildman–Crippen LogP) is 2.94. The van der Waals surface area contributed by atoms with Gasteiger partial charge in [-0.15, -0.1) is 0 Å². The van der Waals surface area contributed by atoms with Gasteiger partial charge in [-0.2, -0.15) is 5.10 Å². The molecule has 0 aliphatic rings. The summed E-state index contributed by atoms with van der Waals surface area (Å²) in [5.41, 5.74) is 2.20. The van der Waals surface area contributed by atoms with Gasteiger partial charge < -0.3 is 10.6 Å². The number of anilines is 1. The van der Waals surface area contributed by atoms with Crippen molar-refractivity contribution in [1.82, 2.24) is 15.1 Å². The fourth-order valence-electron chi connectivity index (χ4n) is 1.62. The van der Waals surface area contributed by atoms with Gasteiger partial charge in [0.15, 0.2) is 5.11 Å². The lowest BCUT2D eigenvalue weighted by Crippen LogP contribution is -2.31. The number of aryl methyl sites for hydroxylation is 1. The number of rotatable bonds is 4. The molecule has 1 aromatic carbocycles. The molecule has 0 aliphatic heterocycles. The van der Waals surface area contributed by atoms with Crippen molar-refractivity contribution >= 4 is 38.9 Å². The maximum Gasteiger partial charge on any atom is 0.170 e. The zero-order valence-electron chi connectivity index (χ0n) is 10.6. The molecule has 0 amide bonds. The van der Waals surface area contributed by atoms with Crippen LogP contribution in [-0.2, 0) is 6.54 Å². The van der Waals surface area contributed by atoms with E-state index in [0.29, 0.717) is 5.11 Å². The number of nitrogens with one attached hydrogen (secondary N) is 2. The van der Waals surface area contributed by atoms with Gasteiger partial charge in [-0.05, 0) is 46.7 Å². The van der Waals surface area contributed by atoms with E-state index in [1.807, 2.05) is 42.1 Å². The molecule has 0 atom stereocenters. The van der Waals surface area contributed by atoms with Crippen LogP contribution in [0, 0.1) is 6.92 Å². The van der Waals surface area contributed by atoms with Gasteiger partial charge in [0, 0.05) is 18.4 Å². The van der Waals surface area contributed by atoms with Crippen molar-refractivity contribution in [3.63, 3.8) is 0 Å². The summed E-state index contributed by atoms with van der Waals surface area (Å²) in [5.74, 6) is 0. The zero-order chi connectivity index (χ0) is 13.7. The number of aromatic nitrogens is 2. The number of nitrogens with zero attached hydrogens (tertiary/aromatic N) is 2. The summed E-state index contributed by atoms with van der Waals surface area (Å²) in [5, 5.41) is 11.1. The molecule has 2 aromatic rings. The first-order valence-electron chi connectivity index (χ1n) is 5.93. The van der Waals surface area contributed by atoms with Gasteiger partial charge in [0.2, 0.25) is 0 Å². The third kappa shape index (κ3) is 4.33. The first-order valence-corrected chi connectivity index (χ1v) is 7.14. The molecular formula is C13H15BrN4S. The number of para-hydroxylation sites is 1. The quantitative estimate of drug-likeness (QED) is 0.841. The topological polar surface area (TPSA) is 41.9 Å². The highest BCUT2D eigenvalue weighted by molar-refractivity contribution is 9.10. The molecule has 1 heterocycles. The molecular weight excluding hydrogens is 324 g/mol. The SMILES string of the molecule is Cc1ccccc1NC(=S)NCCn1cc(Br)cn1. The van der Waals surface area contributed by atoms with Crippen LogP contribution in [0.3, 0.4) is 0 Å². The van der Waals surface area contributed by atoms with Gasteiger partial charge in [-0.3, -0.25) is 4.68 Å². The number of halogens is 1. The van der Waals surface area contributed by atoms with Crippen LogP contribution in [0.2, 0.25) is 0 Å². The van der Waals surface area contributed by atoms with E-state index >= 15 is 0 Å².